The van der Waals surface area contributed by atoms with Crippen molar-refractivity contribution in [3.05, 3.63) is 11.6 Å². The van der Waals surface area contributed by atoms with E-state index < -0.39 is 0 Å². The zero-order valence-corrected chi connectivity index (χ0v) is 23.8. The van der Waals surface area contributed by atoms with Crippen molar-refractivity contribution in [3.8, 4) is 0 Å². The van der Waals surface area contributed by atoms with E-state index in [-0.39, 0.29) is 22.0 Å². The molecule has 35 heavy (non-hydrogen) atoms. The lowest BCUT2D eigenvalue weighted by Crippen LogP contribution is -2.67. The number of aliphatic hydroxyl groups excluding tert-OH is 1. The summed E-state index contributed by atoms with van der Waals surface area (Å²) < 4.78 is 12.8. The first-order chi connectivity index (χ1) is 16.3. The van der Waals surface area contributed by atoms with Crippen LogP contribution in [0.3, 0.4) is 0 Å². The maximum atomic E-state index is 10.7. The molecular formula is C32H52O3. The summed E-state index contributed by atoms with van der Waals surface area (Å²) in [5.41, 5.74) is 3.19. The number of aliphatic hydroxyl groups is 1. The second-order valence-corrected chi connectivity index (χ2v) is 15.9. The van der Waals surface area contributed by atoms with Crippen molar-refractivity contribution in [1.82, 2.24) is 0 Å². The minimum absolute atomic E-state index is 0.0364. The van der Waals surface area contributed by atoms with E-state index in [1.165, 1.54) is 57.8 Å². The van der Waals surface area contributed by atoms with Gasteiger partial charge in [0.2, 0.25) is 0 Å². The average Bonchev–Trinajstić information content (AvgIpc) is 3.28. The summed E-state index contributed by atoms with van der Waals surface area (Å²) >= 11 is 0. The molecule has 0 aromatic rings. The highest BCUT2D eigenvalue weighted by molar-refractivity contribution is 5.34. The van der Waals surface area contributed by atoms with Crippen LogP contribution in [0.2, 0.25) is 0 Å². The van der Waals surface area contributed by atoms with Gasteiger partial charge in [0, 0.05) is 23.9 Å². The van der Waals surface area contributed by atoms with Crippen molar-refractivity contribution in [2.24, 2.45) is 50.2 Å². The Morgan fingerprint density at radius 3 is 2.20 bits per heavy atom. The number of hydrogen-bond acceptors (Lipinski definition) is 3. The average molecular weight is 485 g/mol. The topological polar surface area (TPSA) is 38.7 Å². The lowest BCUT2D eigenvalue weighted by Gasteiger charge is -2.72. The molecule has 1 saturated heterocycles. The highest BCUT2D eigenvalue weighted by Crippen LogP contribution is 2.76. The zero-order chi connectivity index (χ0) is 25.1. The summed E-state index contributed by atoms with van der Waals surface area (Å²) in [6.07, 6.45) is 15.0. The molecule has 3 heteroatoms. The van der Waals surface area contributed by atoms with Crippen molar-refractivity contribution in [1.29, 1.82) is 0 Å². The maximum absolute atomic E-state index is 10.7. The Labute approximate surface area is 214 Å². The van der Waals surface area contributed by atoms with Gasteiger partial charge in [0.1, 0.15) is 0 Å². The molecule has 3 nitrogen and oxygen atoms in total. The standard InChI is InChI=1S/C32H52O3/c1-26(2)12-15-31(21-33)16-14-29(6)22(23(31)20-26)8-9-25-28(5)13-17-32(34-18-19-35-32)27(3,4)24(28)10-11-30(25,29)7/h8,23-25,33H,9-21H2,1-7H3/t23-,24-,25?,28-,29+,30+,31+/m0/s1. The Bertz CT molecular complexity index is 912. The van der Waals surface area contributed by atoms with Gasteiger partial charge in [-0.3, -0.25) is 0 Å². The predicted octanol–water partition coefficient (Wildman–Crippen LogP) is 7.52. The van der Waals surface area contributed by atoms with Gasteiger partial charge in [-0.15, -0.1) is 0 Å². The van der Waals surface area contributed by atoms with E-state index in [1.54, 1.807) is 5.57 Å². The molecule has 7 atom stereocenters. The SMILES string of the molecule is CC1(C)CC[C@]2(CO)CC[C@]3(C)C(=CCC4[C@@]5(C)CCC6(OCCO6)C(C)(C)[C@@H]5CC[C@]43C)[C@@H]2C1. The van der Waals surface area contributed by atoms with E-state index in [1.807, 2.05) is 0 Å². The summed E-state index contributed by atoms with van der Waals surface area (Å²) in [4.78, 5) is 0. The van der Waals surface area contributed by atoms with Gasteiger partial charge in [0.15, 0.2) is 5.79 Å². The van der Waals surface area contributed by atoms with Crippen LogP contribution in [0.25, 0.3) is 0 Å². The molecule has 6 aliphatic rings. The van der Waals surface area contributed by atoms with Crippen LogP contribution >= 0.6 is 0 Å². The Morgan fingerprint density at radius 2 is 1.51 bits per heavy atom. The number of hydrogen-bond donors (Lipinski definition) is 1. The van der Waals surface area contributed by atoms with Crippen LogP contribution in [0, 0.1) is 50.2 Å². The fourth-order valence-electron chi connectivity index (χ4n) is 11.5. The van der Waals surface area contributed by atoms with Gasteiger partial charge in [-0.2, -0.15) is 0 Å². The molecule has 1 N–H and O–H groups in total. The summed E-state index contributed by atoms with van der Waals surface area (Å²) in [7, 11) is 0. The second-order valence-electron chi connectivity index (χ2n) is 15.9. The normalized spacial score (nSPS) is 51.5. The van der Waals surface area contributed by atoms with E-state index in [9.17, 15) is 5.11 Å². The Balaban J connectivity index is 1.40. The molecular weight excluding hydrogens is 432 g/mol. The summed E-state index contributed by atoms with van der Waals surface area (Å²) in [5.74, 6) is 1.53. The van der Waals surface area contributed by atoms with Crippen LogP contribution in [0.15, 0.2) is 11.6 Å². The van der Waals surface area contributed by atoms with Crippen molar-refractivity contribution >= 4 is 0 Å². The van der Waals surface area contributed by atoms with Gasteiger partial charge < -0.3 is 14.6 Å². The van der Waals surface area contributed by atoms with Crippen LogP contribution in [-0.2, 0) is 9.47 Å². The Kier molecular flexibility index (Phi) is 5.26. The summed E-state index contributed by atoms with van der Waals surface area (Å²) in [6.45, 7) is 19.7. The first kappa shape index (κ1) is 24.9. The highest BCUT2D eigenvalue weighted by Gasteiger charge is 2.71. The lowest BCUT2D eigenvalue weighted by atomic mass is 9.33. The van der Waals surface area contributed by atoms with Crippen molar-refractivity contribution in [3.63, 3.8) is 0 Å². The molecule has 0 amide bonds. The van der Waals surface area contributed by atoms with Crippen LogP contribution in [0.1, 0.15) is 113 Å². The van der Waals surface area contributed by atoms with E-state index in [4.69, 9.17) is 9.47 Å². The third kappa shape index (κ3) is 2.96. The third-order valence-corrected chi connectivity index (χ3v) is 14.0. The number of allylic oxidation sites excluding steroid dienone is 2. The molecule has 0 aromatic carbocycles. The number of rotatable bonds is 1. The minimum atomic E-state index is -0.371. The van der Waals surface area contributed by atoms with Crippen LogP contribution in [-0.4, -0.2) is 30.7 Å². The minimum Gasteiger partial charge on any atom is -0.396 e. The third-order valence-electron chi connectivity index (χ3n) is 14.0. The molecule has 1 unspecified atom stereocenters. The maximum Gasteiger partial charge on any atom is 0.173 e. The van der Waals surface area contributed by atoms with Crippen LogP contribution in [0.5, 0.6) is 0 Å². The van der Waals surface area contributed by atoms with Gasteiger partial charge in [-0.05, 0) is 97.2 Å². The molecule has 1 spiro atoms. The quantitative estimate of drug-likeness (QED) is 0.391. The Morgan fingerprint density at radius 1 is 0.829 bits per heavy atom. The van der Waals surface area contributed by atoms with E-state index in [0.29, 0.717) is 40.6 Å². The molecule has 5 fully saturated rings. The summed E-state index contributed by atoms with van der Waals surface area (Å²) in [6, 6.07) is 0. The predicted molar refractivity (Wildman–Crippen MR) is 141 cm³/mol. The van der Waals surface area contributed by atoms with Gasteiger partial charge in [-0.1, -0.05) is 60.1 Å². The molecule has 4 saturated carbocycles. The Hall–Kier alpha value is -0.380. The molecule has 1 aliphatic heterocycles. The monoisotopic (exact) mass is 484 g/mol. The first-order valence-corrected chi connectivity index (χ1v) is 14.9. The smallest absolute Gasteiger partial charge is 0.173 e. The van der Waals surface area contributed by atoms with E-state index in [2.05, 4.69) is 54.5 Å². The molecule has 198 valence electrons. The van der Waals surface area contributed by atoms with Gasteiger partial charge in [0.05, 0.1) is 13.2 Å². The number of ether oxygens (including phenoxy) is 2. The largest absolute Gasteiger partial charge is 0.396 e. The van der Waals surface area contributed by atoms with E-state index >= 15 is 0 Å². The fraction of sp³-hybridized carbons (Fsp3) is 0.938. The molecule has 0 radical (unpaired) electrons. The highest BCUT2D eigenvalue weighted by atomic mass is 16.7. The van der Waals surface area contributed by atoms with Crippen molar-refractivity contribution in [2.75, 3.05) is 19.8 Å². The van der Waals surface area contributed by atoms with Gasteiger partial charge in [-0.25, -0.2) is 0 Å². The fourth-order valence-corrected chi connectivity index (χ4v) is 11.5. The van der Waals surface area contributed by atoms with Crippen LogP contribution < -0.4 is 0 Å². The number of fused-ring (bicyclic) bond motifs is 7. The lowest BCUT2D eigenvalue weighted by molar-refractivity contribution is -0.307. The van der Waals surface area contributed by atoms with Crippen molar-refractivity contribution in [2.45, 2.75) is 118 Å². The molecule has 5 aliphatic carbocycles. The van der Waals surface area contributed by atoms with Gasteiger partial charge >= 0.3 is 0 Å². The first-order valence-electron chi connectivity index (χ1n) is 14.9. The van der Waals surface area contributed by atoms with E-state index in [0.717, 1.165) is 19.6 Å². The van der Waals surface area contributed by atoms with Gasteiger partial charge in [0.25, 0.3) is 0 Å². The second kappa shape index (κ2) is 7.38. The van der Waals surface area contributed by atoms with Crippen LogP contribution in [0.4, 0.5) is 0 Å². The molecule has 0 bridgehead atoms. The summed E-state index contributed by atoms with van der Waals surface area (Å²) in [5, 5.41) is 10.7. The molecule has 1 heterocycles. The van der Waals surface area contributed by atoms with Crippen molar-refractivity contribution < 1.29 is 14.6 Å². The zero-order valence-electron chi connectivity index (χ0n) is 23.8. The molecule has 6 rings (SSSR count). The molecule has 0 aromatic heterocycles.